The Morgan fingerprint density at radius 1 is 1.64 bits per heavy atom. The molecule has 0 saturated heterocycles. The van der Waals surface area contributed by atoms with E-state index in [4.69, 9.17) is 11.1 Å². The molecule has 14 heavy (non-hydrogen) atoms. The highest BCUT2D eigenvalue weighted by molar-refractivity contribution is 7.90. The third kappa shape index (κ3) is 2.46. The summed E-state index contributed by atoms with van der Waals surface area (Å²) in [5.41, 5.74) is 5.32. The summed E-state index contributed by atoms with van der Waals surface area (Å²) in [5, 5.41) is 6.97. The highest BCUT2D eigenvalue weighted by Gasteiger charge is 2.16. The van der Waals surface area contributed by atoms with Crippen molar-refractivity contribution in [3.63, 3.8) is 0 Å². The van der Waals surface area contributed by atoms with E-state index in [1.54, 1.807) is 0 Å². The molecule has 1 heterocycles. The fourth-order valence-corrected chi connectivity index (χ4v) is 1.76. The van der Waals surface area contributed by atoms with Crippen LogP contribution in [0.2, 0.25) is 0 Å². The van der Waals surface area contributed by atoms with Gasteiger partial charge in [-0.1, -0.05) is 0 Å². The number of nitrogens with two attached hydrogens (primary N) is 1. The van der Waals surface area contributed by atoms with E-state index in [0.717, 1.165) is 6.26 Å². The Bertz CT molecular complexity index is 450. The predicted octanol–water partition coefficient (Wildman–Crippen LogP) is -0.471. The van der Waals surface area contributed by atoms with Gasteiger partial charge < -0.3 is 10.3 Å². The first-order chi connectivity index (χ1) is 5.82. The van der Waals surface area contributed by atoms with Crippen molar-refractivity contribution in [2.75, 3.05) is 6.26 Å². The van der Waals surface area contributed by atoms with Gasteiger partial charge in [0.25, 0.3) is 0 Å². The number of halogens is 1. The van der Waals surface area contributed by atoms with Crippen LogP contribution in [0.5, 0.6) is 0 Å². The van der Waals surface area contributed by atoms with Crippen LogP contribution in [0.3, 0.4) is 0 Å². The van der Waals surface area contributed by atoms with Crippen molar-refractivity contribution in [1.29, 1.82) is 5.41 Å². The molecule has 80 valence electrons. The highest BCUT2D eigenvalue weighted by atomic mass is 35.5. The van der Waals surface area contributed by atoms with Gasteiger partial charge in [-0.3, -0.25) is 5.41 Å². The number of aromatic nitrogens is 2. The van der Waals surface area contributed by atoms with Crippen LogP contribution in [-0.2, 0) is 16.9 Å². The largest absolute Gasteiger partial charge is 0.382 e. The Morgan fingerprint density at radius 3 is 2.36 bits per heavy atom. The lowest BCUT2D eigenvalue weighted by atomic mass is 10.4. The van der Waals surface area contributed by atoms with E-state index in [-0.39, 0.29) is 29.1 Å². The molecule has 0 aromatic carbocycles. The van der Waals surface area contributed by atoms with Crippen LogP contribution < -0.4 is 5.73 Å². The SMILES string of the molecule is Cl.Cn1cc(C(=N)N)nc1S(C)(=O)=O. The van der Waals surface area contributed by atoms with Crippen LogP contribution in [0.25, 0.3) is 0 Å². The first kappa shape index (κ1) is 12.9. The maximum atomic E-state index is 11.1. The average Bonchev–Trinajstić information content (AvgIpc) is 2.29. The summed E-state index contributed by atoms with van der Waals surface area (Å²) in [6.45, 7) is 0. The van der Waals surface area contributed by atoms with Gasteiger partial charge in [0.05, 0.1) is 0 Å². The van der Waals surface area contributed by atoms with Gasteiger partial charge >= 0.3 is 0 Å². The zero-order chi connectivity index (χ0) is 10.2. The van der Waals surface area contributed by atoms with Crippen LogP contribution in [-0.4, -0.2) is 30.1 Å². The second-order valence-electron chi connectivity index (χ2n) is 2.71. The Morgan fingerprint density at radius 2 is 2.14 bits per heavy atom. The normalized spacial score (nSPS) is 10.7. The van der Waals surface area contributed by atoms with E-state index in [1.807, 2.05) is 0 Å². The molecule has 0 fully saturated rings. The second kappa shape index (κ2) is 3.97. The predicted molar refractivity (Wildman–Crippen MR) is 54.6 cm³/mol. The first-order valence-electron chi connectivity index (χ1n) is 3.40. The molecule has 1 aromatic heterocycles. The van der Waals surface area contributed by atoms with Crippen LogP contribution >= 0.6 is 12.4 Å². The van der Waals surface area contributed by atoms with E-state index in [0.29, 0.717) is 0 Å². The van der Waals surface area contributed by atoms with E-state index < -0.39 is 9.84 Å². The van der Waals surface area contributed by atoms with Crippen molar-refractivity contribution in [2.24, 2.45) is 12.8 Å². The van der Waals surface area contributed by atoms with Gasteiger partial charge in [0.2, 0.25) is 15.0 Å². The van der Waals surface area contributed by atoms with E-state index in [2.05, 4.69) is 4.98 Å². The number of hydrogen-bond donors (Lipinski definition) is 2. The number of sulfone groups is 1. The summed E-state index contributed by atoms with van der Waals surface area (Å²) in [6.07, 6.45) is 2.46. The summed E-state index contributed by atoms with van der Waals surface area (Å²) in [4.78, 5) is 3.71. The molecule has 3 N–H and O–H groups in total. The average molecular weight is 239 g/mol. The van der Waals surface area contributed by atoms with Gasteiger partial charge in [-0.15, -0.1) is 12.4 Å². The maximum Gasteiger partial charge on any atom is 0.227 e. The molecule has 0 aliphatic rings. The molecule has 0 atom stereocenters. The molecular formula is C6H11ClN4O2S. The quantitative estimate of drug-likeness (QED) is 0.537. The number of nitrogens with zero attached hydrogens (tertiary/aromatic N) is 2. The molecule has 0 amide bonds. The minimum atomic E-state index is -3.35. The number of imidazole rings is 1. The highest BCUT2D eigenvalue weighted by Crippen LogP contribution is 2.06. The molecule has 0 radical (unpaired) electrons. The molecule has 0 unspecified atom stereocenters. The molecule has 6 nitrogen and oxygen atoms in total. The zero-order valence-corrected chi connectivity index (χ0v) is 9.32. The third-order valence-electron chi connectivity index (χ3n) is 1.44. The van der Waals surface area contributed by atoms with Gasteiger partial charge in [-0.25, -0.2) is 13.4 Å². The Kier molecular flexibility index (Phi) is 3.66. The van der Waals surface area contributed by atoms with Crippen molar-refractivity contribution < 1.29 is 8.42 Å². The summed E-state index contributed by atoms with van der Waals surface area (Å²) in [5.74, 6) is -0.245. The minimum Gasteiger partial charge on any atom is -0.382 e. The molecule has 1 aromatic rings. The summed E-state index contributed by atoms with van der Waals surface area (Å²) in [7, 11) is -1.81. The standard InChI is InChI=1S/C6H10N4O2S.ClH/c1-10-3-4(5(7)8)9-6(10)13(2,11)12;/h3H,1-2H3,(H3,7,8);1H. The van der Waals surface area contributed by atoms with E-state index in [1.165, 1.54) is 17.8 Å². The van der Waals surface area contributed by atoms with Gasteiger partial charge in [0.1, 0.15) is 11.5 Å². The summed E-state index contributed by atoms with van der Waals surface area (Å²) < 4.78 is 23.5. The lowest BCUT2D eigenvalue weighted by molar-refractivity contribution is 0.585. The molecule has 1 rings (SSSR count). The van der Waals surface area contributed by atoms with Crippen LogP contribution in [0.4, 0.5) is 0 Å². The van der Waals surface area contributed by atoms with Crippen molar-refractivity contribution in [3.8, 4) is 0 Å². The number of rotatable bonds is 2. The van der Waals surface area contributed by atoms with Crippen molar-refractivity contribution in [1.82, 2.24) is 9.55 Å². The van der Waals surface area contributed by atoms with Gasteiger partial charge in [-0.05, 0) is 0 Å². The Hall–Kier alpha value is -1.08. The number of hydrogen-bond acceptors (Lipinski definition) is 4. The van der Waals surface area contributed by atoms with Crippen LogP contribution in [0, 0.1) is 5.41 Å². The van der Waals surface area contributed by atoms with Gasteiger partial charge in [0, 0.05) is 19.5 Å². The lowest BCUT2D eigenvalue weighted by Crippen LogP contribution is -2.11. The molecule has 0 spiro atoms. The number of amidine groups is 1. The van der Waals surface area contributed by atoms with Crippen molar-refractivity contribution in [3.05, 3.63) is 11.9 Å². The lowest BCUT2D eigenvalue weighted by Gasteiger charge is -1.95. The third-order valence-corrected chi connectivity index (χ3v) is 2.48. The van der Waals surface area contributed by atoms with Gasteiger partial charge in [0.15, 0.2) is 0 Å². The Labute approximate surface area is 88.0 Å². The first-order valence-corrected chi connectivity index (χ1v) is 5.29. The molecule has 0 aliphatic heterocycles. The van der Waals surface area contributed by atoms with Crippen LogP contribution in [0.15, 0.2) is 11.4 Å². The summed E-state index contributed by atoms with van der Waals surface area (Å²) in [6, 6.07) is 0. The Balaban J connectivity index is 0.00000169. The fourth-order valence-electron chi connectivity index (χ4n) is 0.924. The van der Waals surface area contributed by atoms with Crippen LogP contribution in [0.1, 0.15) is 5.69 Å². The number of nitrogen functional groups attached to an aromatic ring is 1. The smallest absolute Gasteiger partial charge is 0.227 e. The summed E-state index contributed by atoms with van der Waals surface area (Å²) >= 11 is 0. The topological polar surface area (TPSA) is 102 Å². The van der Waals surface area contributed by atoms with Gasteiger partial charge in [-0.2, -0.15) is 0 Å². The fraction of sp³-hybridized carbons (Fsp3) is 0.333. The zero-order valence-electron chi connectivity index (χ0n) is 7.68. The minimum absolute atomic E-state index is 0. The van der Waals surface area contributed by atoms with Crippen molar-refractivity contribution >= 4 is 28.1 Å². The van der Waals surface area contributed by atoms with E-state index >= 15 is 0 Å². The van der Waals surface area contributed by atoms with E-state index in [9.17, 15) is 8.42 Å². The molecular weight excluding hydrogens is 228 g/mol. The maximum absolute atomic E-state index is 11.1. The molecule has 8 heteroatoms. The molecule has 0 aliphatic carbocycles. The molecule has 0 saturated carbocycles. The van der Waals surface area contributed by atoms with Crippen molar-refractivity contribution in [2.45, 2.75) is 5.16 Å². The monoisotopic (exact) mass is 238 g/mol. The second-order valence-corrected chi connectivity index (χ2v) is 4.61. The number of nitrogens with one attached hydrogen (secondary N) is 1. The number of aryl methyl sites for hydroxylation is 1. The molecule has 0 bridgehead atoms.